The fraction of sp³-hybridized carbons (Fsp3) is 0.797. The highest BCUT2D eigenvalue weighted by Crippen LogP contribution is 2.28. The van der Waals surface area contributed by atoms with Crippen LogP contribution in [0.5, 0.6) is 0 Å². The number of esters is 1. The summed E-state index contributed by atoms with van der Waals surface area (Å²) in [4.78, 5) is 188. The van der Waals surface area contributed by atoms with Gasteiger partial charge in [-0.15, -0.1) is 0 Å². The zero-order valence-corrected chi connectivity index (χ0v) is 62.2. The van der Waals surface area contributed by atoms with E-state index < -0.39 is 167 Å². The number of likely N-dealkylation sites (N-methyl/N-ethyl adjacent to an activating group) is 7. The number of nitrogens with one attached hydrogen (secondary N) is 4. The molecule has 0 bridgehead atoms. The van der Waals surface area contributed by atoms with Gasteiger partial charge in [0.1, 0.15) is 72.6 Å². The number of amides is 11. The van der Waals surface area contributed by atoms with Crippen molar-refractivity contribution in [1.29, 1.82) is 0 Å². The summed E-state index contributed by atoms with van der Waals surface area (Å²) >= 11 is 0. The third kappa shape index (κ3) is 23.5. The minimum absolute atomic E-state index is 0.0187. The lowest BCUT2D eigenvalue weighted by Crippen LogP contribution is -2.64. The number of hydrogen-bond acceptors (Lipinski definition) is 15. The molecular weight excluding hydrogens is 1220 g/mol. The molecule has 0 spiro atoms. The van der Waals surface area contributed by atoms with E-state index in [1.165, 1.54) is 106 Å². The summed E-state index contributed by atoms with van der Waals surface area (Å²) in [5.74, 6) is -11.2. The van der Waals surface area contributed by atoms with Crippen molar-refractivity contribution >= 4 is 70.9 Å². The molecule has 0 unspecified atom stereocenters. The summed E-state index contributed by atoms with van der Waals surface area (Å²) < 4.78 is 11.6. The van der Waals surface area contributed by atoms with Gasteiger partial charge in [-0.3, -0.25) is 62.4 Å². The van der Waals surface area contributed by atoms with Crippen LogP contribution in [0.4, 0.5) is 0 Å². The molecule has 11 amide bonds. The highest BCUT2D eigenvalue weighted by molar-refractivity contribution is 6.00. The molecule has 2 rings (SSSR count). The Morgan fingerprint density at radius 3 is 1.46 bits per heavy atom. The van der Waals surface area contributed by atoms with Gasteiger partial charge in [-0.1, -0.05) is 102 Å². The Hall–Kier alpha value is -6.70. The van der Waals surface area contributed by atoms with Crippen LogP contribution in [0.1, 0.15) is 163 Å². The van der Waals surface area contributed by atoms with Gasteiger partial charge in [-0.2, -0.15) is 0 Å². The van der Waals surface area contributed by atoms with Crippen molar-refractivity contribution in [3.8, 4) is 0 Å². The first-order chi connectivity index (χ1) is 44.1. The molecule has 542 valence electrons. The standard InChI is InChI=1S/C69H122N12O14/c1-26-28-29-45(14)58(95-49(18)82)57-62(86)72-50(27-2)65(89)74(19)48(17)64(88)79(24)56(44(13)30-31-81-32-34-94-35-33-81)61(85)73-54(42(9)10)68(92)75(20)51(36-39(3)4)60(84)70-46(15)59(83)71-47(16)63(87)76(21)52(37-40(5)6)66(90)77(22)53(38-41(7)8)67(91)78(23)55(43(11)12)69(93)80(57)25/h26,28,39-48,50-58H,27,29-38H2,1-25H3,(H,70,84)(H,71,83)(H,72,86)(H,73,85)/b28-26+/t44-,45-,46+,47-,48-,50+,51+,52+,53+,54+,55+,56+,57+,58-/m1/s1. The summed E-state index contributed by atoms with van der Waals surface area (Å²) in [6, 6.07) is -14.0. The maximum Gasteiger partial charge on any atom is 0.303 e. The lowest BCUT2D eigenvalue weighted by Gasteiger charge is -2.42. The van der Waals surface area contributed by atoms with Crippen LogP contribution in [0.3, 0.4) is 0 Å². The van der Waals surface area contributed by atoms with Gasteiger partial charge in [0.25, 0.3) is 0 Å². The molecule has 26 heteroatoms. The van der Waals surface area contributed by atoms with E-state index in [0.29, 0.717) is 39.3 Å². The number of morpholine rings is 1. The zero-order valence-electron chi connectivity index (χ0n) is 62.2. The predicted octanol–water partition coefficient (Wildman–Crippen LogP) is 3.54. The number of ether oxygens (including phenoxy) is 2. The molecule has 95 heavy (non-hydrogen) atoms. The highest BCUT2D eigenvalue weighted by Gasteiger charge is 2.47. The number of rotatable bonds is 18. The van der Waals surface area contributed by atoms with E-state index in [4.69, 9.17) is 9.47 Å². The van der Waals surface area contributed by atoms with Crippen molar-refractivity contribution in [2.75, 3.05) is 82.2 Å². The fourth-order valence-corrected chi connectivity index (χ4v) is 12.5. The maximum absolute atomic E-state index is 15.5. The van der Waals surface area contributed by atoms with E-state index in [1.54, 1.807) is 54.5 Å². The number of carbonyl (C=O) groups excluding carboxylic acids is 12. The molecule has 2 aliphatic heterocycles. The van der Waals surface area contributed by atoms with E-state index in [9.17, 15) is 28.8 Å². The van der Waals surface area contributed by atoms with Crippen molar-refractivity contribution < 1.29 is 67.0 Å². The summed E-state index contributed by atoms with van der Waals surface area (Å²) in [6.45, 7) is 33.6. The Kier molecular flexibility index (Phi) is 34.5. The first kappa shape index (κ1) is 84.4. The Balaban J connectivity index is 3.11. The molecular formula is C69H122N12O14. The summed E-state index contributed by atoms with van der Waals surface area (Å²) in [5.41, 5.74) is 0. The van der Waals surface area contributed by atoms with E-state index >= 15 is 28.8 Å². The monoisotopic (exact) mass is 1340 g/mol. The molecule has 4 N–H and O–H groups in total. The van der Waals surface area contributed by atoms with Crippen LogP contribution < -0.4 is 21.3 Å². The first-order valence-electron chi connectivity index (χ1n) is 34.3. The number of nitrogens with zero attached hydrogens (tertiary/aromatic N) is 8. The zero-order chi connectivity index (χ0) is 73.0. The highest BCUT2D eigenvalue weighted by atomic mass is 16.5. The lowest BCUT2D eigenvalue weighted by molar-refractivity contribution is -0.164. The quantitative estimate of drug-likeness (QED) is 0.113. The topological polar surface area (TPSA) is 297 Å². The van der Waals surface area contributed by atoms with E-state index in [1.807, 2.05) is 54.5 Å². The van der Waals surface area contributed by atoms with Crippen LogP contribution in [0, 0.1) is 41.4 Å². The Bertz CT molecular complexity index is 2650. The molecule has 0 radical (unpaired) electrons. The second-order valence-corrected chi connectivity index (χ2v) is 28.6. The van der Waals surface area contributed by atoms with E-state index in [-0.39, 0.29) is 49.9 Å². The van der Waals surface area contributed by atoms with Gasteiger partial charge in [-0.05, 0) is 114 Å². The van der Waals surface area contributed by atoms with Crippen LogP contribution in [0.25, 0.3) is 0 Å². The van der Waals surface area contributed by atoms with Gasteiger partial charge in [0.2, 0.25) is 65.0 Å². The Morgan fingerprint density at radius 1 is 0.516 bits per heavy atom. The second-order valence-electron chi connectivity index (χ2n) is 28.6. The molecule has 26 nitrogen and oxygen atoms in total. The molecule has 2 saturated heterocycles. The average molecular weight is 1340 g/mol. The van der Waals surface area contributed by atoms with Crippen molar-refractivity contribution in [1.82, 2.24) is 60.5 Å². The van der Waals surface area contributed by atoms with Crippen LogP contribution in [0.15, 0.2) is 12.2 Å². The maximum atomic E-state index is 15.5. The SMILES string of the molecule is C/C=C/C[C@@H](C)[C@@H](OC(C)=O)[C@H]1C(=O)N[C@@H](CC)C(=O)N(C)[C@H](C)C(=O)N(C)[C@@H]([C@H](C)CCN2CCOCC2)C(=O)N[C@@H](C(C)C)C(=O)N(C)[C@@H](CC(C)C)C(=O)N[C@@H](C)C(=O)N[C@H](C)C(=O)N(C)[C@@H](CC(C)C)C(=O)N(C)[C@@H](CC(C)C)C(=O)N(C)[C@@H](C(C)C)C(=O)N1C. The van der Waals surface area contributed by atoms with Gasteiger partial charge < -0.3 is 65.0 Å². The van der Waals surface area contributed by atoms with Crippen molar-refractivity contribution in [3.05, 3.63) is 12.2 Å². The van der Waals surface area contributed by atoms with Crippen molar-refractivity contribution in [2.45, 2.75) is 236 Å². The molecule has 0 aromatic carbocycles. The minimum Gasteiger partial charge on any atom is -0.459 e. The molecule has 2 heterocycles. The lowest BCUT2D eigenvalue weighted by atomic mass is 9.91. The van der Waals surface area contributed by atoms with Gasteiger partial charge in [0.05, 0.1) is 13.2 Å². The molecule has 0 aromatic rings. The summed E-state index contributed by atoms with van der Waals surface area (Å²) in [7, 11) is 9.99. The minimum atomic E-state index is -1.62. The normalized spacial score (nSPS) is 27.5. The third-order valence-electron chi connectivity index (χ3n) is 18.6. The number of hydrogen-bond donors (Lipinski definition) is 4. The van der Waals surface area contributed by atoms with Gasteiger partial charge >= 0.3 is 5.97 Å². The molecule has 14 atom stereocenters. The van der Waals surface area contributed by atoms with Crippen LogP contribution >= 0.6 is 0 Å². The van der Waals surface area contributed by atoms with Crippen LogP contribution in [-0.4, -0.2) is 265 Å². The number of allylic oxidation sites excluding steroid dienone is 2. The molecule has 0 aliphatic carbocycles. The average Bonchev–Trinajstić information content (AvgIpc) is 0.806. The van der Waals surface area contributed by atoms with Crippen LogP contribution in [0.2, 0.25) is 0 Å². The molecule has 2 fully saturated rings. The van der Waals surface area contributed by atoms with Crippen LogP contribution in [-0.2, 0) is 67.0 Å². The van der Waals surface area contributed by atoms with E-state index in [2.05, 4.69) is 26.2 Å². The predicted molar refractivity (Wildman–Crippen MR) is 364 cm³/mol. The summed E-state index contributed by atoms with van der Waals surface area (Å²) in [5, 5.41) is 11.2. The Morgan fingerprint density at radius 2 is 0.979 bits per heavy atom. The van der Waals surface area contributed by atoms with E-state index in [0.717, 1.165) is 4.90 Å². The first-order valence-corrected chi connectivity index (χ1v) is 34.3. The Labute approximate surface area is 567 Å². The smallest absolute Gasteiger partial charge is 0.303 e. The van der Waals surface area contributed by atoms with Gasteiger partial charge in [-0.25, -0.2) is 0 Å². The van der Waals surface area contributed by atoms with Gasteiger partial charge in [0.15, 0.2) is 0 Å². The number of carbonyl (C=O) groups is 12. The third-order valence-corrected chi connectivity index (χ3v) is 18.6. The molecule has 0 saturated carbocycles. The van der Waals surface area contributed by atoms with Gasteiger partial charge in [0, 0.05) is 69.3 Å². The molecule has 2 aliphatic rings. The summed E-state index contributed by atoms with van der Waals surface area (Å²) in [6.07, 6.45) is 3.38. The largest absolute Gasteiger partial charge is 0.459 e. The fourth-order valence-electron chi connectivity index (χ4n) is 12.5. The molecule has 0 aromatic heterocycles. The van der Waals surface area contributed by atoms with Crippen molar-refractivity contribution in [3.63, 3.8) is 0 Å². The second kappa shape index (κ2) is 38.9. The van der Waals surface area contributed by atoms with Crippen molar-refractivity contribution in [2.24, 2.45) is 41.4 Å².